The zero-order valence-electron chi connectivity index (χ0n) is 27.4. The van der Waals surface area contributed by atoms with Gasteiger partial charge in [0.2, 0.25) is 11.8 Å². The van der Waals surface area contributed by atoms with E-state index >= 15 is 0 Å². The summed E-state index contributed by atoms with van der Waals surface area (Å²) in [6.07, 6.45) is 4.39. The maximum absolute atomic E-state index is 14.8. The average Bonchev–Trinajstić information content (AvgIpc) is 3.72. The topological polar surface area (TPSA) is 93.6 Å². The predicted molar refractivity (Wildman–Crippen MR) is 180 cm³/mol. The number of hydrogen-bond donors (Lipinski definition) is 1. The summed E-state index contributed by atoms with van der Waals surface area (Å²) in [6, 6.07) is 16.0. The normalized spacial score (nSPS) is 25.2. The number of fused-ring (bicyclic) bond motifs is 1. The Labute approximate surface area is 273 Å². The highest BCUT2D eigenvalue weighted by atomic mass is 16.5. The van der Waals surface area contributed by atoms with Crippen LogP contribution in [0.15, 0.2) is 79.9 Å². The molecule has 2 bridgehead atoms. The molecular formula is C37H48N4O5. The number of hydrogen-bond acceptors (Lipinski definition) is 6. The van der Waals surface area contributed by atoms with Gasteiger partial charge in [0.1, 0.15) is 11.6 Å². The number of likely N-dealkylation sites (tertiary alicyclic amines) is 1. The molecule has 3 fully saturated rings. The Morgan fingerprint density at radius 3 is 2.24 bits per heavy atom. The van der Waals surface area contributed by atoms with Crippen molar-refractivity contribution in [1.29, 1.82) is 0 Å². The molecule has 0 radical (unpaired) electrons. The van der Waals surface area contributed by atoms with Crippen molar-refractivity contribution in [2.45, 2.75) is 70.4 Å². The average molecular weight is 629 g/mol. The molecule has 9 heteroatoms. The molecule has 0 aromatic heterocycles. The Kier molecular flexibility index (Phi) is 10.3. The van der Waals surface area contributed by atoms with E-state index in [4.69, 9.17) is 4.74 Å². The quantitative estimate of drug-likeness (QED) is 0.294. The molecule has 1 N–H and O–H groups in total. The van der Waals surface area contributed by atoms with Crippen LogP contribution in [-0.2, 0) is 25.7 Å². The second-order valence-corrected chi connectivity index (χ2v) is 12.5. The van der Waals surface area contributed by atoms with Gasteiger partial charge in [-0.2, -0.15) is 0 Å². The van der Waals surface area contributed by atoms with Crippen LogP contribution in [0.2, 0.25) is 0 Å². The zero-order valence-corrected chi connectivity index (χ0v) is 27.4. The van der Waals surface area contributed by atoms with Crippen LogP contribution in [0.25, 0.3) is 0 Å². The third-order valence-corrected chi connectivity index (χ3v) is 10.1. The second kappa shape index (κ2) is 14.2. The van der Waals surface area contributed by atoms with Crippen LogP contribution in [0.1, 0.15) is 45.6 Å². The SMILES string of the molecule is C=CCN(Cc1ccccc1)C(=O)[C@@H]1[C@@H]2CCC3(O2)C(C(=O)N(CC=C)c2ccc(N(CC)CC)cc2)N([C@@H](CC)CO)C(=O)[C@H]13. The van der Waals surface area contributed by atoms with Crippen molar-refractivity contribution < 1.29 is 24.2 Å². The lowest BCUT2D eigenvalue weighted by Gasteiger charge is -2.39. The molecule has 3 heterocycles. The molecule has 1 spiro atoms. The van der Waals surface area contributed by atoms with E-state index in [0.29, 0.717) is 38.0 Å². The molecule has 46 heavy (non-hydrogen) atoms. The summed E-state index contributed by atoms with van der Waals surface area (Å²) in [6.45, 7) is 16.2. The Morgan fingerprint density at radius 2 is 1.65 bits per heavy atom. The predicted octanol–water partition coefficient (Wildman–Crippen LogP) is 4.41. The number of nitrogens with zero attached hydrogens (tertiary/aromatic N) is 4. The Hall–Kier alpha value is -3.95. The fourth-order valence-corrected chi connectivity index (χ4v) is 7.89. The lowest BCUT2D eigenvalue weighted by molar-refractivity contribution is -0.147. The van der Waals surface area contributed by atoms with E-state index in [9.17, 15) is 19.5 Å². The van der Waals surface area contributed by atoms with Crippen molar-refractivity contribution in [2.75, 3.05) is 42.6 Å². The molecule has 0 aliphatic carbocycles. The first-order valence-electron chi connectivity index (χ1n) is 16.6. The van der Waals surface area contributed by atoms with Gasteiger partial charge in [0.25, 0.3) is 5.91 Å². The number of anilines is 2. The van der Waals surface area contributed by atoms with Crippen LogP contribution in [0.5, 0.6) is 0 Å². The third-order valence-electron chi connectivity index (χ3n) is 10.1. The minimum atomic E-state index is -1.17. The molecule has 2 aromatic carbocycles. The summed E-state index contributed by atoms with van der Waals surface area (Å²) in [5.74, 6) is -2.32. The number of ether oxygens (including phenoxy) is 1. The summed E-state index contributed by atoms with van der Waals surface area (Å²) in [4.78, 5) is 50.9. The molecule has 6 atom stereocenters. The van der Waals surface area contributed by atoms with Crippen molar-refractivity contribution in [1.82, 2.24) is 9.80 Å². The smallest absolute Gasteiger partial charge is 0.253 e. The van der Waals surface area contributed by atoms with Crippen LogP contribution in [0.3, 0.4) is 0 Å². The van der Waals surface area contributed by atoms with E-state index in [0.717, 1.165) is 24.3 Å². The fourth-order valence-electron chi connectivity index (χ4n) is 7.89. The fraction of sp³-hybridized carbons (Fsp3) is 0.486. The molecule has 0 saturated carbocycles. The van der Waals surface area contributed by atoms with E-state index < -0.39 is 35.6 Å². The monoisotopic (exact) mass is 628 g/mol. The molecule has 246 valence electrons. The number of benzene rings is 2. The first-order chi connectivity index (χ1) is 22.3. The summed E-state index contributed by atoms with van der Waals surface area (Å²) in [5, 5.41) is 10.5. The summed E-state index contributed by atoms with van der Waals surface area (Å²) >= 11 is 0. The number of rotatable bonds is 15. The molecule has 3 amide bonds. The van der Waals surface area contributed by atoms with Crippen molar-refractivity contribution in [3.8, 4) is 0 Å². The highest BCUT2D eigenvalue weighted by Gasteiger charge is 2.75. The van der Waals surface area contributed by atoms with E-state index in [1.807, 2.05) is 61.5 Å². The van der Waals surface area contributed by atoms with Crippen molar-refractivity contribution in [3.05, 3.63) is 85.5 Å². The van der Waals surface area contributed by atoms with Crippen molar-refractivity contribution in [2.24, 2.45) is 11.8 Å². The van der Waals surface area contributed by atoms with Crippen molar-refractivity contribution >= 4 is 29.1 Å². The minimum Gasteiger partial charge on any atom is -0.394 e. The number of carbonyl (C=O) groups excluding carboxylic acids is 3. The minimum absolute atomic E-state index is 0.172. The lowest BCUT2D eigenvalue weighted by Crippen LogP contribution is -2.59. The number of carbonyl (C=O) groups is 3. The van der Waals surface area contributed by atoms with Crippen LogP contribution < -0.4 is 9.80 Å². The largest absolute Gasteiger partial charge is 0.394 e. The zero-order chi connectivity index (χ0) is 33.0. The first kappa shape index (κ1) is 33.4. The van der Waals surface area contributed by atoms with Gasteiger partial charge < -0.3 is 29.4 Å². The maximum atomic E-state index is 14.8. The molecule has 3 saturated heterocycles. The van der Waals surface area contributed by atoms with Gasteiger partial charge in [-0.05, 0) is 62.9 Å². The first-order valence-corrected chi connectivity index (χ1v) is 16.6. The van der Waals surface area contributed by atoms with E-state index in [1.54, 1.807) is 26.9 Å². The second-order valence-electron chi connectivity index (χ2n) is 12.5. The van der Waals surface area contributed by atoms with Gasteiger partial charge in [0.15, 0.2) is 0 Å². The molecule has 9 nitrogen and oxygen atoms in total. The van der Waals surface area contributed by atoms with Gasteiger partial charge in [0.05, 0.1) is 30.6 Å². The molecule has 2 unspecified atom stereocenters. The Morgan fingerprint density at radius 1 is 1.00 bits per heavy atom. The summed E-state index contributed by atoms with van der Waals surface area (Å²) < 4.78 is 6.72. The number of aliphatic hydroxyl groups is 1. The summed E-state index contributed by atoms with van der Waals surface area (Å²) in [5.41, 5.74) is 1.54. The Balaban J connectivity index is 1.53. The van der Waals surface area contributed by atoms with Crippen LogP contribution in [0, 0.1) is 11.8 Å². The van der Waals surface area contributed by atoms with E-state index in [-0.39, 0.29) is 30.9 Å². The van der Waals surface area contributed by atoms with Gasteiger partial charge in [0, 0.05) is 44.1 Å². The van der Waals surface area contributed by atoms with E-state index in [2.05, 4.69) is 31.9 Å². The third kappa shape index (κ3) is 5.75. The molecule has 5 rings (SSSR count). The van der Waals surface area contributed by atoms with Crippen LogP contribution >= 0.6 is 0 Å². The standard InChI is InChI=1S/C37H48N4O5/c1-6-22-39(24-26-14-12-11-13-15-26)34(43)31-30-20-21-37(46-30)32(31)35(44)41(27(8-3)25-42)33(37)36(45)40(23-7-2)29-18-16-28(17-19-29)38(9-4)10-5/h6-7,11-19,27,30-33,42H,1-2,8-10,20-25H2,3-5H3/t27-,30-,31+,32-,33?,37?/m0/s1. The lowest BCUT2D eigenvalue weighted by atomic mass is 9.70. The van der Waals surface area contributed by atoms with Crippen LogP contribution in [0.4, 0.5) is 11.4 Å². The van der Waals surface area contributed by atoms with Crippen molar-refractivity contribution in [3.63, 3.8) is 0 Å². The molecule has 3 aliphatic rings. The van der Waals surface area contributed by atoms with Gasteiger partial charge in [-0.25, -0.2) is 0 Å². The highest BCUT2D eigenvalue weighted by molar-refractivity contribution is 6.05. The molecule has 3 aliphatic heterocycles. The van der Waals surface area contributed by atoms with Gasteiger partial charge in [-0.1, -0.05) is 49.4 Å². The van der Waals surface area contributed by atoms with E-state index in [1.165, 1.54) is 0 Å². The molecular weight excluding hydrogens is 580 g/mol. The number of aliphatic hydroxyl groups excluding tert-OH is 1. The Bertz CT molecular complexity index is 1410. The highest BCUT2D eigenvalue weighted by Crippen LogP contribution is 2.59. The van der Waals surface area contributed by atoms with Gasteiger partial charge in [-0.15, -0.1) is 13.2 Å². The molecule has 2 aromatic rings. The summed E-state index contributed by atoms with van der Waals surface area (Å²) in [7, 11) is 0. The van der Waals surface area contributed by atoms with Gasteiger partial charge >= 0.3 is 0 Å². The maximum Gasteiger partial charge on any atom is 0.253 e. The van der Waals surface area contributed by atoms with Crippen LogP contribution in [-0.4, -0.2) is 89.2 Å². The number of amides is 3. The van der Waals surface area contributed by atoms with Gasteiger partial charge in [-0.3, -0.25) is 14.4 Å².